The fourth-order valence-corrected chi connectivity index (χ4v) is 2.59. The number of piperidine rings is 1. The summed E-state index contributed by atoms with van der Waals surface area (Å²) in [6.07, 6.45) is 2.53. The number of nitrogens with two attached hydrogens (primary N) is 1. The highest BCUT2D eigenvalue weighted by molar-refractivity contribution is 5.85. The minimum atomic E-state index is 0. The summed E-state index contributed by atoms with van der Waals surface area (Å²) < 4.78 is 0. The lowest BCUT2D eigenvalue weighted by Gasteiger charge is -2.31. The van der Waals surface area contributed by atoms with E-state index in [0.29, 0.717) is 0 Å². The van der Waals surface area contributed by atoms with Gasteiger partial charge < -0.3 is 5.73 Å². The van der Waals surface area contributed by atoms with Crippen molar-refractivity contribution in [3.8, 4) is 0 Å². The van der Waals surface area contributed by atoms with Gasteiger partial charge in [-0.3, -0.25) is 4.90 Å². The summed E-state index contributed by atoms with van der Waals surface area (Å²) in [7, 11) is 0. The Kier molecular flexibility index (Phi) is 6.13. The van der Waals surface area contributed by atoms with E-state index in [4.69, 9.17) is 5.73 Å². The zero-order valence-corrected chi connectivity index (χ0v) is 12.3. The zero-order chi connectivity index (χ0) is 12.3. The Balaban J connectivity index is 0.00000162. The Labute approximate surface area is 117 Å². The molecule has 2 N–H and O–H groups in total. The van der Waals surface area contributed by atoms with Crippen LogP contribution in [0.15, 0.2) is 18.2 Å². The van der Waals surface area contributed by atoms with Crippen molar-refractivity contribution in [1.29, 1.82) is 0 Å². The maximum absolute atomic E-state index is 5.73. The second-order valence-electron chi connectivity index (χ2n) is 5.39. The number of halogens is 1. The molecule has 0 bridgehead atoms. The highest BCUT2D eigenvalue weighted by Crippen LogP contribution is 2.19. The summed E-state index contributed by atoms with van der Waals surface area (Å²) in [6.45, 7) is 8.75. The Morgan fingerprint density at radius 1 is 1.22 bits per heavy atom. The number of hydrogen-bond donors (Lipinski definition) is 1. The third-order valence-electron chi connectivity index (χ3n) is 3.94. The molecule has 1 aliphatic heterocycles. The van der Waals surface area contributed by atoms with Gasteiger partial charge in [0.15, 0.2) is 0 Å². The topological polar surface area (TPSA) is 29.3 Å². The van der Waals surface area contributed by atoms with Gasteiger partial charge in [-0.1, -0.05) is 23.8 Å². The maximum atomic E-state index is 5.73. The molecule has 18 heavy (non-hydrogen) atoms. The zero-order valence-electron chi connectivity index (χ0n) is 11.5. The fraction of sp³-hybridized carbons (Fsp3) is 0.600. The van der Waals surface area contributed by atoms with Crippen molar-refractivity contribution in [3.63, 3.8) is 0 Å². The predicted octanol–water partition coefficient (Wildman–Crippen LogP) is 2.90. The molecular formula is C15H25ClN2. The number of likely N-dealkylation sites (tertiary alicyclic amines) is 1. The molecule has 0 saturated carbocycles. The van der Waals surface area contributed by atoms with E-state index in [1.807, 2.05) is 0 Å². The van der Waals surface area contributed by atoms with E-state index in [-0.39, 0.29) is 12.4 Å². The van der Waals surface area contributed by atoms with Crippen molar-refractivity contribution < 1.29 is 0 Å². The van der Waals surface area contributed by atoms with Crippen molar-refractivity contribution in [3.05, 3.63) is 34.9 Å². The lowest BCUT2D eigenvalue weighted by molar-refractivity contribution is 0.180. The van der Waals surface area contributed by atoms with Crippen molar-refractivity contribution in [2.45, 2.75) is 33.2 Å². The molecule has 0 atom stereocenters. The van der Waals surface area contributed by atoms with E-state index in [1.54, 1.807) is 0 Å². The quantitative estimate of drug-likeness (QED) is 0.913. The van der Waals surface area contributed by atoms with E-state index in [2.05, 4.69) is 36.9 Å². The summed E-state index contributed by atoms with van der Waals surface area (Å²) in [5, 5.41) is 0. The first kappa shape index (κ1) is 15.5. The fourth-order valence-electron chi connectivity index (χ4n) is 2.59. The van der Waals surface area contributed by atoms with E-state index < -0.39 is 0 Å². The van der Waals surface area contributed by atoms with Gasteiger partial charge in [0.25, 0.3) is 0 Å². The maximum Gasteiger partial charge on any atom is 0.0236 e. The van der Waals surface area contributed by atoms with Crippen LogP contribution in [0.2, 0.25) is 0 Å². The standard InChI is InChI=1S/C15H24N2.ClH/c1-12-3-4-13(2)15(9-12)11-17-7-5-14(10-16)6-8-17;/h3-4,9,14H,5-8,10-11,16H2,1-2H3;1H. The summed E-state index contributed by atoms with van der Waals surface area (Å²) in [6, 6.07) is 6.75. The number of hydrogen-bond acceptors (Lipinski definition) is 2. The third kappa shape index (κ3) is 3.98. The van der Waals surface area contributed by atoms with E-state index in [0.717, 1.165) is 19.0 Å². The van der Waals surface area contributed by atoms with Crippen molar-refractivity contribution in [2.24, 2.45) is 11.7 Å². The smallest absolute Gasteiger partial charge is 0.0236 e. The molecule has 3 heteroatoms. The van der Waals surface area contributed by atoms with E-state index >= 15 is 0 Å². The summed E-state index contributed by atoms with van der Waals surface area (Å²) in [4.78, 5) is 2.56. The van der Waals surface area contributed by atoms with Gasteiger partial charge in [-0.15, -0.1) is 12.4 Å². The Morgan fingerprint density at radius 2 is 1.89 bits per heavy atom. The molecule has 2 rings (SSSR count). The second kappa shape index (κ2) is 7.13. The van der Waals surface area contributed by atoms with Crippen molar-refractivity contribution in [1.82, 2.24) is 4.90 Å². The predicted molar refractivity (Wildman–Crippen MR) is 80.2 cm³/mol. The molecule has 1 aliphatic rings. The molecule has 0 radical (unpaired) electrons. The number of benzene rings is 1. The first-order valence-electron chi connectivity index (χ1n) is 6.67. The van der Waals surface area contributed by atoms with Crippen LogP contribution in [-0.2, 0) is 6.54 Å². The van der Waals surface area contributed by atoms with Crippen LogP contribution in [0.3, 0.4) is 0 Å². The van der Waals surface area contributed by atoms with Gasteiger partial charge in [0.1, 0.15) is 0 Å². The second-order valence-corrected chi connectivity index (χ2v) is 5.39. The molecule has 2 nitrogen and oxygen atoms in total. The molecule has 0 unspecified atom stereocenters. The van der Waals surface area contributed by atoms with Gasteiger partial charge >= 0.3 is 0 Å². The van der Waals surface area contributed by atoms with Crippen LogP contribution in [0, 0.1) is 19.8 Å². The largest absolute Gasteiger partial charge is 0.330 e. The van der Waals surface area contributed by atoms with Gasteiger partial charge in [0, 0.05) is 6.54 Å². The van der Waals surface area contributed by atoms with Crippen LogP contribution < -0.4 is 5.73 Å². The molecule has 1 heterocycles. The van der Waals surface area contributed by atoms with Crippen LogP contribution in [0.4, 0.5) is 0 Å². The van der Waals surface area contributed by atoms with Crippen LogP contribution in [-0.4, -0.2) is 24.5 Å². The molecular weight excluding hydrogens is 244 g/mol. The molecule has 0 aromatic heterocycles. The van der Waals surface area contributed by atoms with Gasteiger partial charge in [0.2, 0.25) is 0 Å². The highest BCUT2D eigenvalue weighted by Gasteiger charge is 2.18. The lowest BCUT2D eigenvalue weighted by atomic mass is 9.96. The SMILES string of the molecule is Cc1ccc(C)c(CN2CCC(CN)CC2)c1.Cl. The third-order valence-corrected chi connectivity index (χ3v) is 3.94. The molecule has 1 aromatic carbocycles. The normalized spacial score (nSPS) is 17.5. The Hall–Kier alpha value is -0.570. The van der Waals surface area contributed by atoms with Crippen LogP contribution >= 0.6 is 12.4 Å². The molecule has 1 aromatic rings. The minimum absolute atomic E-state index is 0. The molecule has 0 spiro atoms. The molecule has 0 aliphatic carbocycles. The highest BCUT2D eigenvalue weighted by atomic mass is 35.5. The van der Waals surface area contributed by atoms with Crippen molar-refractivity contribution in [2.75, 3.05) is 19.6 Å². The number of nitrogens with zero attached hydrogens (tertiary/aromatic N) is 1. The average Bonchev–Trinajstić information content (AvgIpc) is 2.35. The Bertz CT molecular complexity index is 371. The monoisotopic (exact) mass is 268 g/mol. The first-order chi connectivity index (χ1) is 8.19. The lowest BCUT2D eigenvalue weighted by Crippen LogP contribution is -2.35. The van der Waals surface area contributed by atoms with Gasteiger partial charge in [0.05, 0.1) is 0 Å². The van der Waals surface area contributed by atoms with Gasteiger partial charge in [-0.2, -0.15) is 0 Å². The first-order valence-corrected chi connectivity index (χ1v) is 6.67. The average molecular weight is 269 g/mol. The van der Waals surface area contributed by atoms with Crippen LogP contribution in [0.25, 0.3) is 0 Å². The van der Waals surface area contributed by atoms with Crippen LogP contribution in [0.5, 0.6) is 0 Å². The number of rotatable bonds is 3. The number of aryl methyl sites for hydroxylation is 2. The summed E-state index contributed by atoms with van der Waals surface area (Å²) in [5.41, 5.74) is 9.99. The summed E-state index contributed by atoms with van der Waals surface area (Å²) in [5.74, 6) is 0.754. The molecule has 1 fully saturated rings. The van der Waals surface area contributed by atoms with E-state index in [1.165, 1.54) is 42.6 Å². The molecule has 1 saturated heterocycles. The minimum Gasteiger partial charge on any atom is -0.330 e. The van der Waals surface area contributed by atoms with Crippen molar-refractivity contribution >= 4 is 12.4 Å². The van der Waals surface area contributed by atoms with Gasteiger partial charge in [-0.25, -0.2) is 0 Å². The Morgan fingerprint density at radius 3 is 2.50 bits per heavy atom. The van der Waals surface area contributed by atoms with E-state index in [9.17, 15) is 0 Å². The molecule has 102 valence electrons. The van der Waals surface area contributed by atoms with Crippen LogP contribution in [0.1, 0.15) is 29.5 Å². The molecule has 0 amide bonds. The summed E-state index contributed by atoms with van der Waals surface area (Å²) >= 11 is 0. The van der Waals surface area contributed by atoms with Gasteiger partial charge in [-0.05, 0) is 63.4 Å².